The Kier molecular flexibility index (Phi) is 5.08. The van der Waals surface area contributed by atoms with E-state index in [1.54, 1.807) is 19.1 Å². The number of hydrogen-bond donors (Lipinski definition) is 2. The second kappa shape index (κ2) is 6.16. The Morgan fingerprint density at radius 2 is 1.84 bits per heavy atom. The number of aryl methyl sites for hydroxylation is 1. The third-order valence-corrected chi connectivity index (χ3v) is 4.55. The van der Waals surface area contributed by atoms with Crippen molar-refractivity contribution in [3.05, 3.63) is 29.8 Å². The van der Waals surface area contributed by atoms with Crippen molar-refractivity contribution in [1.82, 2.24) is 4.72 Å². The van der Waals surface area contributed by atoms with Crippen molar-refractivity contribution < 1.29 is 18.3 Å². The van der Waals surface area contributed by atoms with Crippen molar-refractivity contribution in [2.24, 2.45) is 5.92 Å². The fourth-order valence-electron chi connectivity index (χ4n) is 1.60. The predicted molar refractivity (Wildman–Crippen MR) is 72.4 cm³/mol. The van der Waals surface area contributed by atoms with Gasteiger partial charge in [0, 0.05) is 0 Å². The van der Waals surface area contributed by atoms with E-state index in [1.807, 2.05) is 13.8 Å². The molecule has 1 aromatic carbocycles. The predicted octanol–water partition coefficient (Wildman–Crippen LogP) is 1.77. The van der Waals surface area contributed by atoms with Gasteiger partial charge in [0.15, 0.2) is 0 Å². The summed E-state index contributed by atoms with van der Waals surface area (Å²) < 4.78 is 26.5. The molecule has 0 heterocycles. The minimum absolute atomic E-state index is 0.0765. The molecule has 1 aromatic rings. The van der Waals surface area contributed by atoms with Gasteiger partial charge in [0.2, 0.25) is 10.0 Å². The number of carboxylic acid groups (broad SMARTS) is 1. The first-order valence-corrected chi connectivity index (χ1v) is 7.58. The summed E-state index contributed by atoms with van der Waals surface area (Å²) in [6.07, 6.45) is 0.577. The average Bonchev–Trinajstić information content (AvgIpc) is 2.35. The van der Waals surface area contributed by atoms with Crippen molar-refractivity contribution in [3.63, 3.8) is 0 Å². The highest BCUT2D eigenvalue weighted by Crippen LogP contribution is 2.14. The molecule has 19 heavy (non-hydrogen) atoms. The summed E-state index contributed by atoms with van der Waals surface area (Å²) in [5, 5.41) is 9.10. The zero-order valence-corrected chi connectivity index (χ0v) is 12.1. The zero-order chi connectivity index (χ0) is 14.6. The SMILES string of the molecule is CCC(C)[C@H](NS(=O)(=O)c1ccc(C)cc1)C(=O)O. The highest BCUT2D eigenvalue weighted by molar-refractivity contribution is 7.89. The van der Waals surface area contributed by atoms with Crippen molar-refractivity contribution >= 4 is 16.0 Å². The van der Waals surface area contributed by atoms with Crippen LogP contribution in [0.1, 0.15) is 25.8 Å². The van der Waals surface area contributed by atoms with Gasteiger partial charge in [-0.2, -0.15) is 4.72 Å². The molecule has 0 radical (unpaired) electrons. The van der Waals surface area contributed by atoms with Gasteiger partial charge < -0.3 is 5.11 Å². The fraction of sp³-hybridized carbons (Fsp3) is 0.462. The number of carbonyl (C=O) groups is 1. The Morgan fingerprint density at radius 3 is 2.26 bits per heavy atom. The van der Waals surface area contributed by atoms with Gasteiger partial charge in [0.1, 0.15) is 6.04 Å². The molecule has 0 bridgehead atoms. The fourth-order valence-corrected chi connectivity index (χ4v) is 2.90. The van der Waals surface area contributed by atoms with Crippen LogP contribution in [0.15, 0.2) is 29.2 Å². The van der Waals surface area contributed by atoms with E-state index in [9.17, 15) is 13.2 Å². The molecular weight excluding hydrogens is 266 g/mol. The van der Waals surface area contributed by atoms with Crippen LogP contribution in [0.2, 0.25) is 0 Å². The van der Waals surface area contributed by atoms with Gasteiger partial charge in [0.25, 0.3) is 0 Å². The Balaban J connectivity index is 3.00. The number of benzene rings is 1. The topological polar surface area (TPSA) is 83.5 Å². The monoisotopic (exact) mass is 285 g/mol. The zero-order valence-electron chi connectivity index (χ0n) is 11.3. The van der Waals surface area contributed by atoms with Crippen LogP contribution < -0.4 is 4.72 Å². The molecule has 0 fully saturated rings. The van der Waals surface area contributed by atoms with Crippen LogP contribution in [0, 0.1) is 12.8 Å². The van der Waals surface area contributed by atoms with Crippen molar-refractivity contribution in [2.75, 3.05) is 0 Å². The minimum atomic E-state index is -3.81. The van der Waals surface area contributed by atoms with Crippen molar-refractivity contribution in [1.29, 1.82) is 0 Å². The van der Waals surface area contributed by atoms with Crippen molar-refractivity contribution in [2.45, 2.75) is 38.1 Å². The van der Waals surface area contributed by atoms with Gasteiger partial charge in [0.05, 0.1) is 4.90 Å². The maximum Gasteiger partial charge on any atom is 0.322 e. The molecule has 106 valence electrons. The van der Waals surface area contributed by atoms with E-state index in [0.29, 0.717) is 6.42 Å². The number of nitrogens with one attached hydrogen (secondary N) is 1. The number of sulfonamides is 1. The highest BCUT2D eigenvalue weighted by Gasteiger charge is 2.29. The minimum Gasteiger partial charge on any atom is -0.480 e. The van der Waals surface area contributed by atoms with Crippen LogP contribution in [-0.4, -0.2) is 25.5 Å². The summed E-state index contributed by atoms with van der Waals surface area (Å²) in [6, 6.07) is 5.16. The Morgan fingerprint density at radius 1 is 1.32 bits per heavy atom. The van der Waals surface area contributed by atoms with E-state index in [2.05, 4.69) is 4.72 Å². The maximum atomic E-state index is 12.1. The lowest BCUT2D eigenvalue weighted by atomic mass is 10.0. The van der Waals surface area contributed by atoms with Gasteiger partial charge in [-0.25, -0.2) is 8.42 Å². The number of rotatable bonds is 6. The van der Waals surface area contributed by atoms with E-state index in [4.69, 9.17) is 5.11 Å². The Labute approximate surface area is 113 Å². The molecule has 2 N–H and O–H groups in total. The molecule has 1 rings (SSSR count). The molecule has 0 amide bonds. The Bertz CT molecular complexity index is 536. The maximum absolute atomic E-state index is 12.1. The number of hydrogen-bond acceptors (Lipinski definition) is 3. The van der Waals surface area contributed by atoms with E-state index in [0.717, 1.165) is 5.56 Å². The lowest BCUT2D eigenvalue weighted by molar-refractivity contribution is -0.140. The molecule has 0 aromatic heterocycles. The number of carboxylic acids is 1. The summed E-state index contributed by atoms with van der Waals surface area (Å²) in [6.45, 7) is 5.38. The molecule has 0 saturated heterocycles. The summed E-state index contributed by atoms with van der Waals surface area (Å²) in [7, 11) is -3.81. The third kappa shape index (κ3) is 4.04. The van der Waals surface area contributed by atoms with Crippen LogP contribution >= 0.6 is 0 Å². The van der Waals surface area contributed by atoms with E-state index < -0.39 is 22.0 Å². The summed E-state index contributed by atoms with van der Waals surface area (Å²) in [5.74, 6) is -1.44. The van der Waals surface area contributed by atoms with E-state index in [-0.39, 0.29) is 10.8 Å². The lowest BCUT2D eigenvalue weighted by Gasteiger charge is -2.20. The molecule has 0 saturated carbocycles. The smallest absolute Gasteiger partial charge is 0.322 e. The number of aliphatic carboxylic acids is 1. The van der Waals surface area contributed by atoms with Gasteiger partial charge in [-0.3, -0.25) is 4.79 Å². The van der Waals surface area contributed by atoms with Gasteiger partial charge >= 0.3 is 5.97 Å². The molecule has 0 aliphatic heterocycles. The van der Waals surface area contributed by atoms with Crippen LogP contribution in [0.5, 0.6) is 0 Å². The quantitative estimate of drug-likeness (QED) is 0.834. The first kappa shape index (κ1) is 15.7. The largest absolute Gasteiger partial charge is 0.480 e. The van der Waals surface area contributed by atoms with Gasteiger partial charge in [-0.15, -0.1) is 0 Å². The van der Waals surface area contributed by atoms with E-state index in [1.165, 1.54) is 12.1 Å². The lowest BCUT2D eigenvalue weighted by Crippen LogP contribution is -2.44. The highest BCUT2D eigenvalue weighted by atomic mass is 32.2. The molecule has 2 atom stereocenters. The summed E-state index contributed by atoms with van der Waals surface area (Å²) in [4.78, 5) is 11.2. The normalized spacial score (nSPS) is 14.9. The summed E-state index contributed by atoms with van der Waals surface area (Å²) >= 11 is 0. The second-order valence-electron chi connectivity index (χ2n) is 4.64. The van der Waals surface area contributed by atoms with Crippen LogP contribution in [-0.2, 0) is 14.8 Å². The standard InChI is InChI=1S/C13H19NO4S/c1-4-10(3)12(13(15)16)14-19(17,18)11-7-5-9(2)6-8-11/h5-8,10,12,14H,4H2,1-3H3,(H,15,16)/t10?,12-/m0/s1. The molecule has 6 heteroatoms. The molecule has 0 aliphatic carbocycles. The molecular formula is C13H19NO4S. The average molecular weight is 285 g/mol. The first-order valence-electron chi connectivity index (χ1n) is 6.09. The Hall–Kier alpha value is -1.40. The second-order valence-corrected chi connectivity index (χ2v) is 6.35. The van der Waals surface area contributed by atoms with Gasteiger partial charge in [-0.1, -0.05) is 38.0 Å². The van der Waals surface area contributed by atoms with E-state index >= 15 is 0 Å². The van der Waals surface area contributed by atoms with Crippen LogP contribution in [0.25, 0.3) is 0 Å². The third-order valence-electron chi connectivity index (χ3n) is 3.09. The van der Waals surface area contributed by atoms with Crippen LogP contribution in [0.4, 0.5) is 0 Å². The van der Waals surface area contributed by atoms with Gasteiger partial charge in [-0.05, 0) is 25.0 Å². The van der Waals surface area contributed by atoms with Crippen molar-refractivity contribution in [3.8, 4) is 0 Å². The first-order chi connectivity index (χ1) is 8.77. The molecule has 0 aliphatic rings. The molecule has 5 nitrogen and oxygen atoms in total. The molecule has 0 spiro atoms. The summed E-state index contributed by atoms with van der Waals surface area (Å²) in [5.41, 5.74) is 0.940. The van der Waals surface area contributed by atoms with Crippen LogP contribution in [0.3, 0.4) is 0 Å². The molecule has 1 unspecified atom stereocenters.